The second kappa shape index (κ2) is 4.94. The molecular weight excluding hydrogens is 194 g/mol. The molecule has 15 heavy (non-hydrogen) atoms. The van der Waals surface area contributed by atoms with Gasteiger partial charge in [0.15, 0.2) is 0 Å². The van der Waals surface area contributed by atoms with Crippen LogP contribution in [-0.4, -0.2) is 46.3 Å². The predicted molar refractivity (Wildman–Crippen MR) is 57.7 cm³/mol. The molecule has 1 aliphatic heterocycles. The molecular formula is C11H21NO3. The fourth-order valence-electron chi connectivity index (χ4n) is 2.07. The second-order valence-corrected chi connectivity index (χ2v) is 4.59. The van der Waals surface area contributed by atoms with Crippen LogP contribution in [0.3, 0.4) is 0 Å². The van der Waals surface area contributed by atoms with Gasteiger partial charge < -0.3 is 10.2 Å². The predicted octanol–water partition coefficient (Wildman–Crippen LogP) is 0.944. The number of β-amino-alcohol motifs (C(OH)–C–C–N with tert-alkyl or cyclic N) is 1. The van der Waals surface area contributed by atoms with Crippen molar-refractivity contribution >= 4 is 5.97 Å². The van der Waals surface area contributed by atoms with Gasteiger partial charge in [-0.3, -0.25) is 9.69 Å². The Balaban J connectivity index is 2.25. The number of likely N-dealkylation sites (tertiary alicyclic amines) is 1. The molecule has 0 spiro atoms. The largest absolute Gasteiger partial charge is 0.481 e. The highest BCUT2D eigenvalue weighted by Gasteiger charge is 2.34. The molecule has 0 aromatic carbocycles. The molecule has 0 aliphatic carbocycles. The highest BCUT2D eigenvalue weighted by Crippen LogP contribution is 2.24. The van der Waals surface area contributed by atoms with Gasteiger partial charge in [-0.05, 0) is 18.8 Å². The Morgan fingerprint density at radius 2 is 1.93 bits per heavy atom. The summed E-state index contributed by atoms with van der Waals surface area (Å²) in [6.45, 7) is 6.27. The van der Waals surface area contributed by atoms with Crippen LogP contribution in [0.4, 0.5) is 0 Å². The van der Waals surface area contributed by atoms with Crippen LogP contribution in [0.25, 0.3) is 0 Å². The lowest BCUT2D eigenvalue weighted by atomic mass is 9.91. The zero-order valence-corrected chi connectivity index (χ0v) is 9.57. The van der Waals surface area contributed by atoms with Gasteiger partial charge in [-0.2, -0.15) is 0 Å². The van der Waals surface area contributed by atoms with Crippen molar-refractivity contribution in [3.05, 3.63) is 0 Å². The minimum atomic E-state index is -0.721. The first-order valence-corrected chi connectivity index (χ1v) is 5.65. The van der Waals surface area contributed by atoms with Gasteiger partial charge in [-0.15, -0.1) is 0 Å². The Labute approximate surface area is 90.9 Å². The average Bonchev–Trinajstić information content (AvgIpc) is 2.13. The molecule has 1 heterocycles. The van der Waals surface area contributed by atoms with Crippen molar-refractivity contribution in [2.75, 3.05) is 19.6 Å². The Bertz CT molecular complexity index is 220. The number of hydrogen-bond acceptors (Lipinski definition) is 3. The van der Waals surface area contributed by atoms with Crippen LogP contribution in [0, 0.1) is 5.92 Å². The normalized spacial score (nSPS) is 18.9. The van der Waals surface area contributed by atoms with Crippen molar-refractivity contribution in [1.82, 2.24) is 4.90 Å². The fourth-order valence-corrected chi connectivity index (χ4v) is 2.07. The number of carboxylic acid groups (broad SMARTS) is 1. The number of carbonyl (C=O) groups is 1. The molecule has 0 aromatic rings. The molecule has 1 saturated heterocycles. The maximum Gasteiger partial charge on any atom is 0.303 e. The van der Waals surface area contributed by atoms with E-state index in [0.29, 0.717) is 6.54 Å². The maximum atomic E-state index is 10.4. The lowest BCUT2D eigenvalue weighted by molar-refractivity contribution is -0.140. The van der Waals surface area contributed by atoms with E-state index < -0.39 is 11.6 Å². The molecule has 4 nitrogen and oxygen atoms in total. The number of aliphatic hydroxyl groups is 1. The smallest absolute Gasteiger partial charge is 0.303 e. The van der Waals surface area contributed by atoms with Crippen LogP contribution in [0.15, 0.2) is 0 Å². The van der Waals surface area contributed by atoms with Gasteiger partial charge in [0.05, 0.1) is 12.0 Å². The Morgan fingerprint density at radius 3 is 2.33 bits per heavy atom. The molecule has 2 N–H and O–H groups in total. The third-order valence-corrected chi connectivity index (χ3v) is 3.33. The molecule has 0 saturated carbocycles. The van der Waals surface area contributed by atoms with Crippen LogP contribution in [0.2, 0.25) is 0 Å². The van der Waals surface area contributed by atoms with Crippen molar-refractivity contribution in [2.24, 2.45) is 5.92 Å². The molecule has 1 aliphatic rings. The van der Waals surface area contributed by atoms with Crippen molar-refractivity contribution in [3.8, 4) is 0 Å². The summed E-state index contributed by atoms with van der Waals surface area (Å²) >= 11 is 0. The van der Waals surface area contributed by atoms with Crippen LogP contribution >= 0.6 is 0 Å². The minimum Gasteiger partial charge on any atom is -0.481 e. The number of hydrogen-bond donors (Lipinski definition) is 2. The first kappa shape index (κ1) is 12.5. The van der Waals surface area contributed by atoms with E-state index in [2.05, 4.69) is 4.90 Å². The first-order valence-electron chi connectivity index (χ1n) is 5.65. The van der Waals surface area contributed by atoms with Crippen molar-refractivity contribution in [1.29, 1.82) is 0 Å². The summed E-state index contributed by atoms with van der Waals surface area (Å²) in [6, 6.07) is 0. The monoisotopic (exact) mass is 215 g/mol. The summed E-state index contributed by atoms with van der Waals surface area (Å²) in [5, 5.41) is 18.7. The van der Waals surface area contributed by atoms with Crippen LogP contribution in [0.5, 0.6) is 0 Å². The molecule has 0 aromatic heterocycles. The molecule has 0 unspecified atom stereocenters. The minimum absolute atomic E-state index is 0.257. The average molecular weight is 215 g/mol. The summed E-state index contributed by atoms with van der Waals surface area (Å²) in [5.74, 6) is -0.443. The Kier molecular flexibility index (Phi) is 4.11. The molecule has 0 amide bonds. The standard InChI is InChI=1S/C11H21NO3/c1-3-11(15,4-2)8-12-6-9(7-12)5-10(13)14/h9,15H,3-8H2,1-2H3,(H,13,14). The van der Waals surface area contributed by atoms with Crippen LogP contribution in [0.1, 0.15) is 33.1 Å². The first-order chi connectivity index (χ1) is 6.99. The molecule has 1 fully saturated rings. The summed E-state index contributed by atoms with van der Waals surface area (Å²) in [6.07, 6.45) is 1.76. The topological polar surface area (TPSA) is 60.8 Å². The maximum absolute atomic E-state index is 10.4. The zero-order chi connectivity index (χ0) is 11.5. The van der Waals surface area contributed by atoms with Crippen molar-refractivity contribution in [2.45, 2.75) is 38.7 Å². The molecule has 88 valence electrons. The highest BCUT2D eigenvalue weighted by atomic mass is 16.4. The van der Waals surface area contributed by atoms with E-state index in [9.17, 15) is 9.90 Å². The van der Waals surface area contributed by atoms with E-state index in [-0.39, 0.29) is 12.3 Å². The van der Waals surface area contributed by atoms with E-state index in [0.717, 1.165) is 25.9 Å². The third-order valence-electron chi connectivity index (χ3n) is 3.33. The summed E-state index contributed by atoms with van der Waals surface area (Å²) in [5.41, 5.74) is -0.589. The van der Waals surface area contributed by atoms with Gasteiger partial charge >= 0.3 is 5.97 Å². The van der Waals surface area contributed by atoms with Gasteiger partial charge in [0.1, 0.15) is 0 Å². The lowest BCUT2D eigenvalue weighted by Gasteiger charge is -2.43. The number of carboxylic acids is 1. The highest BCUT2D eigenvalue weighted by molar-refractivity contribution is 5.67. The molecule has 0 bridgehead atoms. The van der Waals surface area contributed by atoms with Gasteiger partial charge in [0.25, 0.3) is 0 Å². The van der Waals surface area contributed by atoms with Gasteiger partial charge in [0, 0.05) is 19.6 Å². The zero-order valence-electron chi connectivity index (χ0n) is 9.57. The summed E-state index contributed by atoms with van der Waals surface area (Å²) in [4.78, 5) is 12.6. The van der Waals surface area contributed by atoms with E-state index in [1.807, 2.05) is 13.8 Å². The van der Waals surface area contributed by atoms with Crippen LogP contribution < -0.4 is 0 Å². The van der Waals surface area contributed by atoms with E-state index >= 15 is 0 Å². The van der Waals surface area contributed by atoms with E-state index in [1.165, 1.54) is 0 Å². The van der Waals surface area contributed by atoms with Gasteiger partial charge in [-0.25, -0.2) is 0 Å². The Morgan fingerprint density at radius 1 is 1.40 bits per heavy atom. The molecule has 0 radical (unpaired) electrons. The quantitative estimate of drug-likeness (QED) is 0.692. The number of nitrogens with zero attached hydrogens (tertiary/aromatic N) is 1. The lowest BCUT2D eigenvalue weighted by Crippen LogP contribution is -2.53. The second-order valence-electron chi connectivity index (χ2n) is 4.59. The van der Waals surface area contributed by atoms with Crippen LogP contribution in [-0.2, 0) is 4.79 Å². The Hall–Kier alpha value is -0.610. The molecule has 4 heteroatoms. The van der Waals surface area contributed by atoms with Crippen molar-refractivity contribution in [3.63, 3.8) is 0 Å². The number of rotatable bonds is 6. The summed E-state index contributed by atoms with van der Waals surface area (Å²) < 4.78 is 0. The SMILES string of the molecule is CCC(O)(CC)CN1CC(CC(=O)O)C1. The third kappa shape index (κ3) is 3.47. The number of aliphatic carboxylic acids is 1. The molecule has 0 atom stereocenters. The van der Waals surface area contributed by atoms with Gasteiger partial charge in [0.2, 0.25) is 0 Å². The molecule has 1 rings (SSSR count). The van der Waals surface area contributed by atoms with Crippen molar-refractivity contribution < 1.29 is 15.0 Å². The fraction of sp³-hybridized carbons (Fsp3) is 0.909. The van der Waals surface area contributed by atoms with E-state index in [1.54, 1.807) is 0 Å². The summed E-state index contributed by atoms with van der Waals surface area (Å²) in [7, 11) is 0. The van der Waals surface area contributed by atoms with Gasteiger partial charge in [-0.1, -0.05) is 13.8 Å². The van der Waals surface area contributed by atoms with E-state index in [4.69, 9.17) is 5.11 Å².